The van der Waals surface area contributed by atoms with Crippen LogP contribution >= 0.6 is 0 Å². The molecule has 0 atom stereocenters. The Morgan fingerprint density at radius 1 is 1.20 bits per heavy atom. The van der Waals surface area contributed by atoms with Crippen molar-refractivity contribution in [3.8, 4) is 0 Å². The van der Waals surface area contributed by atoms with E-state index in [0.29, 0.717) is 25.4 Å². The van der Waals surface area contributed by atoms with Crippen molar-refractivity contribution in [3.63, 3.8) is 0 Å². The number of ketones is 1. The third-order valence-electron chi connectivity index (χ3n) is 3.60. The molecule has 0 unspecified atom stereocenters. The summed E-state index contributed by atoms with van der Waals surface area (Å²) in [4.78, 5) is 28.0. The molecule has 0 aliphatic carbocycles. The predicted molar refractivity (Wildman–Crippen MR) is 75.5 cm³/mol. The molecule has 1 aromatic heterocycles. The van der Waals surface area contributed by atoms with Crippen LogP contribution in [0, 0.1) is 5.41 Å². The van der Waals surface area contributed by atoms with Crippen LogP contribution in [0.2, 0.25) is 0 Å². The molecule has 1 aliphatic rings. The summed E-state index contributed by atoms with van der Waals surface area (Å²) in [6, 6.07) is 3.39. The Hall–Kier alpha value is -1.62. The molecule has 0 N–H and O–H groups in total. The molecule has 1 saturated heterocycles. The second-order valence-corrected chi connectivity index (χ2v) is 6.22. The van der Waals surface area contributed by atoms with E-state index in [2.05, 4.69) is 4.90 Å². The van der Waals surface area contributed by atoms with Crippen LogP contribution in [0.15, 0.2) is 22.8 Å². The first-order valence-corrected chi connectivity index (χ1v) is 6.96. The van der Waals surface area contributed by atoms with Crippen molar-refractivity contribution in [2.45, 2.75) is 20.8 Å². The summed E-state index contributed by atoms with van der Waals surface area (Å²) in [6.07, 6.45) is 1.51. The van der Waals surface area contributed by atoms with Crippen LogP contribution in [-0.4, -0.2) is 54.2 Å². The van der Waals surface area contributed by atoms with E-state index in [-0.39, 0.29) is 17.1 Å². The second-order valence-electron chi connectivity index (χ2n) is 6.22. The average molecular weight is 278 g/mol. The number of hydrogen-bond donors (Lipinski definition) is 0. The van der Waals surface area contributed by atoms with Crippen molar-refractivity contribution in [3.05, 3.63) is 24.2 Å². The zero-order valence-corrected chi connectivity index (χ0v) is 12.4. The van der Waals surface area contributed by atoms with E-state index >= 15 is 0 Å². The van der Waals surface area contributed by atoms with Gasteiger partial charge in [-0.2, -0.15) is 0 Å². The number of furan rings is 1. The Balaban J connectivity index is 1.84. The first-order valence-electron chi connectivity index (χ1n) is 6.96. The van der Waals surface area contributed by atoms with Crippen molar-refractivity contribution in [2.24, 2.45) is 5.41 Å². The maximum atomic E-state index is 12.1. The van der Waals surface area contributed by atoms with Gasteiger partial charge in [-0.15, -0.1) is 0 Å². The molecule has 0 saturated carbocycles. The van der Waals surface area contributed by atoms with Crippen LogP contribution in [0.4, 0.5) is 0 Å². The number of piperazine rings is 1. The van der Waals surface area contributed by atoms with E-state index in [4.69, 9.17) is 4.42 Å². The molecule has 2 heterocycles. The minimum absolute atomic E-state index is 0.0724. The first kappa shape index (κ1) is 14.8. The highest BCUT2D eigenvalue weighted by Gasteiger charge is 2.27. The van der Waals surface area contributed by atoms with Gasteiger partial charge in [0.25, 0.3) is 5.91 Å². The van der Waals surface area contributed by atoms with Crippen LogP contribution in [-0.2, 0) is 4.79 Å². The number of rotatable bonds is 3. The van der Waals surface area contributed by atoms with Crippen molar-refractivity contribution in [1.29, 1.82) is 0 Å². The van der Waals surface area contributed by atoms with Crippen molar-refractivity contribution < 1.29 is 14.0 Å². The maximum absolute atomic E-state index is 12.1. The van der Waals surface area contributed by atoms with Gasteiger partial charge in [0, 0.05) is 31.6 Å². The van der Waals surface area contributed by atoms with Gasteiger partial charge in [-0.05, 0) is 12.1 Å². The van der Waals surface area contributed by atoms with E-state index in [9.17, 15) is 9.59 Å². The summed E-state index contributed by atoms with van der Waals surface area (Å²) in [6.45, 7) is 9.01. The summed E-state index contributed by atoms with van der Waals surface area (Å²) in [5.41, 5.74) is -0.304. The van der Waals surface area contributed by atoms with Crippen LogP contribution < -0.4 is 0 Å². The molecule has 20 heavy (non-hydrogen) atoms. The molecule has 5 heteroatoms. The van der Waals surface area contributed by atoms with Crippen molar-refractivity contribution in [1.82, 2.24) is 9.80 Å². The normalized spacial score (nSPS) is 17.2. The van der Waals surface area contributed by atoms with Gasteiger partial charge in [-0.1, -0.05) is 20.8 Å². The first-order chi connectivity index (χ1) is 9.38. The van der Waals surface area contributed by atoms with Gasteiger partial charge >= 0.3 is 0 Å². The summed E-state index contributed by atoms with van der Waals surface area (Å²) in [5, 5.41) is 0. The fourth-order valence-corrected chi connectivity index (χ4v) is 2.11. The van der Waals surface area contributed by atoms with E-state index < -0.39 is 0 Å². The maximum Gasteiger partial charge on any atom is 0.289 e. The predicted octanol–water partition coefficient (Wildman–Crippen LogP) is 1.65. The molecule has 0 aromatic carbocycles. The number of Topliss-reactive ketones (excluding diaryl/α,β-unsaturated/α-hetero) is 1. The van der Waals surface area contributed by atoms with Gasteiger partial charge < -0.3 is 9.32 Å². The molecular weight excluding hydrogens is 256 g/mol. The molecule has 0 radical (unpaired) electrons. The standard InChI is InChI=1S/C15H22N2O3/c1-15(2,3)13(18)11-16-6-8-17(9-7-16)14(19)12-5-4-10-20-12/h4-5,10H,6-9,11H2,1-3H3. The zero-order chi connectivity index (χ0) is 14.8. The van der Waals surface area contributed by atoms with Crippen molar-refractivity contribution >= 4 is 11.7 Å². The van der Waals surface area contributed by atoms with E-state index in [1.54, 1.807) is 17.0 Å². The molecule has 1 aromatic rings. The molecular formula is C15H22N2O3. The quantitative estimate of drug-likeness (QED) is 0.843. The average Bonchev–Trinajstić information content (AvgIpc) is 2.91. The Morgan fingerprint density at radius 2 is 1.85 bits per heavy atom. The van der Waals surface area contributed by atoms with Gasteiger partial charge in [-0.3, -0.25) is 14.5 Å². The highest BCUT2D eigenvalue weighted by Crippen LogP contribution is 2.16. The third kappa shape index (κ3) is 3.48. The monoisotopic (exact) mass is 278 g/mol. The van der Waals surface area contributed by atoms with Gasteiger partial charge in [0.2, 0.25) is 0 Å². The summed E-state index contributed by atoms with van der Waals surface area (Å²) in [5.74, 6) is 0.546. The zero-order valence-electron chi connectivity index (χ0n) is 12.4. The molecule has 1 fully saturated rings. The lowest BCUT2D eigenvalue weighted by Crippen LogP contribution is -2.50. The van der Waals surface area contributed by atoms with E-state index in [1.165, 1.54) is 6.26 Å². The Morgan fingerprint density at radius 3 is 2.35 bits per heavy atom. The SMILES string of the molecule is CC(C)(C)C(=O)CN1CCN(C(=O)c2ccco2)CC1. The Kier molecular flexibility index (Phi) is 4.28. The molecule has 110 valence electrons. The largest absolute Gasteiger partial charge is 0.459 e. The molecule has 1 aliphatic heterocycles. The highest BCUT2D eigenvalue weighted by atomic mass is 16.3. The summed E-state index contributed by atoms with van der Waals surface area (Å²) < 4.78 is 5.13. The van der Waals surface area contributed by atoms with Crippen LogP contribution in [0.5, 0.6) is 0 Å². The van der Waals surface area contributed by atoms with E-state index in [0.717, 1.165) is 13.1 Å². The Labute approximate surface area is 119 Å². The molecule has 1 amide bonds. The Bertz CT molecular complexity index is 466. The molecule has 5 nitrogen and oxygen atoms in total. The van der Waals surface area contributed by atoms with Crippen molar-refractivity contribution in [2.75, 3.05) is 32.7 Å². The second kappa shape index (κ2) is 5.79. The third-order valence-corrected chi connectivity index (χ3v) is 3.60. The lowest BCUT2D eigenvalue weighted by molar-refractivity contribution is -0.127. The molecule has 2 rings (SSSR count). The highest BCUT2D eigenvalue weighted by molar-refractivity contribution is 5.91. The van der Waals surface area contributed by atoms with Gasteiger partial charge in [0.15, 0.2) is 11.5 Å². The van der Waals surface area contributed by atoms with E-state index in [1.807, 2.05) is 20.8 Å². The minimum atomic E-state index is -0.304. The molecule has 0 spiro atoms. The van der Waals surface area contributed by atoms with Gasteiger partial charge in [-0.25, -0.2) is 0 Å². The van der Waals surface area contributed by atoms with Crippen LogP contribution in [0.25, 0.3) is 0 Å². The molecule has 0 bridgehead atoms. The topological polar surface area (TPSA) is 53.8 Å². The fraction of sp³-hybridized carbons (Fsp3) is 0.600. The van der Waals surface area contributed by atoms with Gasteiger partial charge in [0.05, 0.1) is 12.8 Å². The fourth-order valence-electron chi connectivity index (χ4n) is 2.11. The number of carbonyl (C=O) groups excluding carboxylic acids is 2. The van der Waals surface area contributed by atoms with Gasteiger partial charge in [0.1, 0.15) is 0 Å². The summed E-state index contributed by atoms with van der Waals surface area (Å²) in [7, 11) is 0. The minimum Gasteiger partial charge on any atom is -0.459 e. The number of hydrogen-bond acceptors (Lipinski definition) is 4. The van der Waals surface area contributed by atoms with Crippen LogP contribution in [0.1, 0.15) is 31.3 Å². The lowest BCUT2D eigenvalue weighted by atomic mass is 9.90. The van der Waals surface area contributed by atoms with Crippen LogP contribution in [0.3, 0.4) is 0 Å². The number of carbonyl (C=O) groups is 2. The number of nitrogens with zero attached hydrogens (tertiary/aromatic N) is 2. The smallest absolute Gasteiger partial charge is 0.289 e. The number of amides is 1. The summed E-state index contributed by atoms with van der Waals surface area (Å²) >= 11 is 0. The lowest BCUT2D eigenvalue weighted by Gasteiger charge is -2.35.